The van der Waals surface area contributed by atoms with Crippen LogP contribution in [0, 0.1) is 0 Å². The highest BCUT2D eigenvalue weighted by Crippen LogP contribution is 2.36. The molecule has 29 heavy (non-hydrogen) atoms. The monoisotopic (exact) mass is 398 g/mol. The van der Waals surface area contributed by atoms with Crippen molar-refractivity contribution >= 4 is 5.91 Å². The molecule has 0 unspecified atom stereocenters. The van der Waals surface area contributed by atoms with E-state index in [4.69, 9.17) is 4.74 Å². The Labute approximate surface area is 171 Å². The molecule has 0 spiro atoms. The first kappa shape index (κ1) is 20.1. The zero-order valence-electron chi connectivity index (χ0n) is 16.8. The summed E-state index contributed by atoms with van der Waals surface area (Å²) in [5, 5.41) is 15.9. The van der Waals surface area contributed by atoms with E-state index in [1.807, 2.05) is 52.2 Å². The number of piperidine rings is 1. The Bertz CT molecular complexity index is 777. The van der Waals surface area contributed by atoms with Gasteiger partial charge in [-0.25, -0.2) is 0 Å². The molecule has 2 aliphatic heterocycles. The Morgan fingerprint density at radius 1 is 1.17 bits per heavy atom. The number of nitrogens with zero attached hydrogens (tertiary/aromatic N) is 4. The molecular formula is C22H30N4O3. The lowest BCUT2D eigenvalue weighted by Gasteiger charge is -2.50. The average molecular weight is 399 g/mol. The van der Waals surface area contributed by atoms with Gasteiger partial charge in [0.05, 0.1) is 19.3 Å². The molecule has 0 radical (unpaired) electrons. The number of likely N-dealkylation sites (tertiary alicyclic amines) is 1. The van der Waals surface area contributed by atoms with Crippen molar-refractivity contribution in [2.75, 3.05) is 39.4 Å². The van der Waals surface area contributed by atoms with Crippen LogP contribution in [0.25, 0.3) is 0 Å². The van der Waals surface area contributed by atoms with Crippen molar-refractivity contribution in [1.82, 2.24) is 19.6 Å². The second-order valence-electron chi connectivity index (χ2n) is 7.92. The summed E-state index contributed by atoms with van der Waals surface area (Å²) < 4.78 is 7.37. The van der Waals surface area contributed by atoms with Gasteiger partial charge < -0.3 is 14.7 Å². The maximum atomic E-state index is 12.9. The molecule has 7 heteroatoms. The molecule has 2 atom stereocenters. The first-order valence-corrected chi connectivity index (χ1v) is 10.5. The van der Waals surface area contributed by atoms with Crippen LogP contribution in [0.5, 0.6) is 0 Å². The van der Waals surface area contributed by atoms with Crippen LogP contribution in [-0.4, -0.2) is 76.0 Å². The fraction of sp³-hybridized carbons (Fsp3) is 0.545. The van der Waals surface area contributed by atoms with Gasteiger partial charge in [-0.05, 0) is 24.5 Å². The van der Waals surface area contributed by atoms with Crippen molar-refractivity contribution in [3.05, 3.63) is 54.4 Å². The number of carbonyl (C=O) groups excluding carboxylic acids is 1. The molecule has 0 bridgehead atoms. The molecule has 1 aromatic carbocycles. The Balaban J connectivity index is 1.45. The van der Waals surface area contributed by atoms with Crippen LogP contribution in [0.15, 0.2) is 48.8 Å². The normalized spacial score (nSPS) is 25.8. The van der Waals surface area contributed by atoms with Gasteiger partial charge in [0.1, 0.15) is 5.60 Å². The quantitative estimate of drug-likeness (QED) is 0.798. The predicted octanol–water partition coefficient (Wildman–Crippen LogP) is 1.48. The van der Waals surface area contributed by atoms with Crippen LogP contribution >= 0.6 is 0 Å². The Morgan fingerprint density at radius 2 is 1.97 bits per heavy atom. The Kier molecular flexibility index (Phi) is 6.28. The summed E-state index contributed by atoms with van der Waals surface area (Å²) in [7, 11) is 0. The van der Waals surface area contributed by atoms with Crippen LogP contribution in [0.2, 0.25) is 0 Å². The zero-order valence-corrected chi connectivity index (χ0v) is 16.8. The number of ether oxygens (including phenoxy) is 1. The smallest absolute Gasteiger partial charge is 0.222 e. The molecule has 7 nitrogen and oxygen atoms in total. The van der Waals surface area contributed by atoms with Crippen molar-refractivity contribution in [2.24, 2.45) is 0 Å². The maximum Gasteiger partial charge on any atom is 0.222 e. The van der Waals surface area contributed by atoms with E-state index in [0.29, 0.717) is 39.1 Å². The second kappa shape index (κ2) is 9.07. The van der Waals surface area contributed by atoms with E-state index in [2.05, 4.69) is 10.00 Å². The summed E-state index contributed by atoms with van der Waals surface area (Å²) in [5.74, 6) is 0.158. The third-order valence-corrected chi connectivity index (χ3v) is 6.16. The van der Waals surface area contributed by atoms with E-state index in [0.717, 1.165) is 31.6 Å². The number of hydrogen-bond acceptors (Lipinski definition) is 5. The summed E-state index contributed by atoms with van der Waals surface area (Å²) in [6.45, 7) is 4.76. The summed E-state index contributed by atoms with van der Waals surface area (Å²) in [6.07, 6.45) is 5.48. The molecular weight excluding hydrogens is 368 g/mol. The van der Waals surface area contributed by atoms with Gasteiger partial charge in [0, 0.05) is 51.5 Å². The highest BCUT2D eigenvalue weighted by atomic mass is 16.5. The Hall–Kier alpha value is -2.22. The van der Waals surface area contributed by atoms with Crippen molar-refractivity contribution in [2.45, 2.75) is 37.5 Å². The summed E-state index contributed by atoms with van der Waals surface area (Å²) in [5.41, 5.74) is -0.0213. The lowest BCUT2D eigenvalue weighted by Crippen LogP contribution is -2.63. The van der Waals surface area contributed by atoms with Crippen molar-refractivity contribution in [1.29, 1.82) is 0 Å². The Morgan fingerprint density at radius 3 is 2.69 bits per heavy atom. The number of benzene rings is 1. The van der Waals surface area contributed by atoms with E-state index in [1.54, 1.807) is 6.20 Å². The second-order valence-corrected chi connectivity index (χ2v) is 7.92. The molecule has 156 valence electrons. The molecule has 1 amide bonds. The molecule has 2 aromatic rings. The standard InChI is InChI=1S/C22H30N4O3/c27-21(8-4-11-26-12-5-10-23-26)25-13-9-22(28,19-6-2-1-3-7-19)20(18-25)24-14-16-29-17-15-24/h1-3,5-7,10,12,20,28H,4,8-9,11,13-18H2/t20-,22+/m1/s1. The largest absolute Gasteiger partial charge is 0.383 e. The number of morpholine rings is 1. The third-order valence-electron chi connectivity index (χ3n) is 6.16. The minimum Gasteiger partial charge on any atom is -0.383 e. The van der Waals surface area contributed by atoms with Gasteiger partial charge in [-0.1, -0.05) is 30.3 Å². The van der Waals surface area contributed by atoms with Crippen LogP contribution in [-0.2, 0) is 21.7 Å². The third kappa shape index (κ3) is 4.52. The molecule has 3 heterocycles. The number of carbonyl (C=O) groups is 1. The molecule has 2 fully saturated rings. The van der Waals surface area contributed by atoms with Gasteiger partial charge in [-0.2, -0.15) is 5.10 Å². The SMILES string of the molecule is O=C(CCCn1cccn1)N1CC[C@](O)(c2ccccc2)[C@H](N2CCOCC2)C1. The van der Waals surface area contributed by atoms with Crippen molar-refractivity contribution in [3.8, 4) is 0 Å². The zero-order chi connectivity index (χ0) is 20.1. The predicted molar refractivity (Wildman–Crippen MR) is 109 cm³/mol. The average Bonchev–Trinajstić information content (AvgIpc) is 3.29. The molecule has 2 saturated heterocycles. The minimum absolute atomic E-state index is 0.127. The summed E-state index contributed by atoms with van der Waals surface area (Å²) in [6, 6.07) is 11.7. The fourth-order valence-corrected chi connectivity index (χ4v) is 4.50. The topological polar surface area (TPSA) is 70.8 Å². The van der Waals surface area contributed by atoms with E-state index in [-0.39, 0.29) is 11.9 Å². The summed E-state index contributed by atoms with van der Waals surface area (Å²) in [4.78, 5) is 17.1. The number of rotatable bonds is 6. The molecule has 2 aliphatic rings. The first-order valence-electron chi connectivity index (χ1n) is 10.5. The molecule has 0 saturated carbocycles. The van der Waals surface area contributed by atoms with Crippen molar-refractivity contribution < 1.29 is 14.6 Å². The van der Waals surface area contributed by atoms with Gasteiger partial charge in [0.25, 0.3) is 0 Å². The highest BCUT2D eigenvalue weighted by molar-refractivity contribution is 5.76. The number of hydrogen-bond donors (Lipinski definition) is 1. The van der Waals surface area contributed by atoms with E-state index in [1.165, 1.54) is 0 Å². The van der Waals surface area contributed by atoms with Crippen LogP contribution in [0.3, 0.4) is 0 Å². The minimum atomic E-state index is -0.954. The van der Waals surface area contributed by atoms with Crippen molar-refractivity contribution in [3.63, 3.8) is 0 Å². The van der Waals surface area contributed by atoms with Gasteiger partial charge in [-0.15, -0.1) is 0 Å². The van der Waals surface area contributed by atoms with Crippen LogP contribution in [0.4, 0.5) is 0 Å². The van der Waals surface area contributed by atoms with Gasteiger partial charge >= 0.3 is 0 Å². The lowest BCUT2D eigenvalue weighted by atomic mass is 9.79. The van der Waals surface area contributed by atoms with Gasteiger partial charge in [0.2, 0.25) is 5.91 Å². The van der Waals surface area contributed by atoms with Crippen LogP contribution in [0.1, 0.15) is 24.8 Å². The summed E-state index contributed by atoms with van der Waals surface area (Å²) >= 11 is 0. The lowest BCUT2D eigenvalue weighted by molar-refractivity contribution is -0.147. The highest BCUT2D eigenvalue weighted by Gasteiger charge is 2.46. The molecule has 0 aliphatic carbocycles. The number of aliphatic hydroxyl groups is 1. The first-order chi connectivity index (χ1) is 14.2. The molecule has 1 aromatic heterocycles. The van der Waals surface area contributed by atoms with E-state index < -0.39 is 5.60 Å². The number of aryl methyl sites for hydroxylation is 1. The van der Waals surface area contributed by atoms with E-state index >= 15 is 0 Å². The van der Waals surface area contributed by atoms with E-state index in [9.17, 15) is 9.90 Å². The maximum absolute atomic E-state index is 12.9. The molecule has 4 rings (SSSR count). The number of amides is 1. The fourth-order valence-electron chi connectivity index (χ4n) is 4.50. The number of aromatic nitrogens is 2. The van der Waals surface area contributed by atoms with Crippen LogP contribution < -0.4 is 0 Å². The van der Waals surface area contributed by atoms with Gasteiger partial charge in [0.15, 0.2) is 0 Å². The van der Waals surface area contributed by atoms with Gasteiger partial charge in [-0.3, -0.25) is 14.4 Å². The molecule has 1 N–H and O–H groups in total.